The molecule has 1 aliphatic rings. The Labute approximate surface area is 230 Å². The Hall–Kier alpha value is -3.28. The molecule has 0 aliphatic carbocycles. The lowest BCUT2D eigenvalue weighted by Gasteiger charge is -2.32. The fraction of sp³-hybridized carbons (Fsp3) is 0.500. The highest BCUT2D eigenvalue weighted by Crippen LogP contribution is 2.17. The molecule has 0 bridgehead atoms. The third-order valence-electron chi connectivity index (χ3n) is 6.70. The van der Waals surface area contributed by atoms with Crippen LogP contribution in [-0.2, 0) is 25.6 Å². The molecule has 1 aromatic carbocycles. The Morgan fingerprint density at radius 1 is 1.18 bits per heavy atom. The molecule has 0 unspecified atom stereocenters. The first-order valence-electron chi connectivity index (χ1n) is 13.5. The van der Waals surface area contributed by atoms with Gasteiger partial charge >= 0.3 is 5.69 Å². The normalized spacial score (nSPS) is 16.3. The number of thiophene rings is 1. The summed E-state index contributed by atoms with van der Waals surface area (Å²) in [5, 5.41) is 2.73. The number of carbonyl (C=O) groups excluding carboxylic acids is 2. The Morgan fingerprint density at radius 2 is 1.97 bits per heavy atom. The van der Waals surface area contributed by atoms with Gasteiger partial charge in [-0.1, -0.05) is 44.2 Å². The van der Waals surface area contributed by atoms with Crippen LogP contribution >= 0.6 is 11.3 Å². The van der Waals surface area contributed by atoms with Gasteiger partial charge < -0.3 is 9.72 Å². The molecular formula is C28H36N4O6S. The number of amides is 2. The van der Waals surface area contributed by atoms with Crippen molar-refractivity contribution in [1.82, 2.24) is 15.1 Å². The minimum atomic E-state index is -1.16. The van der Waals surface area contributed by atoms with E-state index in [0.29, 0.717) is 42.5 Å². The Kier molecular flexibility index (Phi) is 10.1. The number of carbonyl (C=O) groups is 2. The second-order valence-electron chi connectivity index (χ2n) is 10.2. The molecule has 0 spiro atoms. The maximum atomic E-state index is 13.7. The van der Waals surface area contributed by atoms with Crippen molar-refractivity contribution in [3.05, 3.63) is 68.2 Å². The molecule has 39 heavy (non-hydrogen) atoms. The van der Waals surface area contributed by atoms with Crippen LogP contribution in [-0.4, -0.2) is 40.4 Å². The number of H-pyrrole nitrogens is 1. The molecule has 2 atom stereocenters. The van der Waals surface area contributed by atoms with Crippen molar-refractivity contribution >= 4 is 33.4 Å². The fourth-order valence-corrected chi connectivity index (χ4v) is 5.36. The maximum absolute atomic E-state index is 13.7. The van der Waals surface area contributed by atoms with Crippen molar-refractivity contribution in [3.8, 4) is 0 Å². The highest BCUT2D eigenvalue weighted by molar-refractivity contribution is 7.17. The van der Waals surface area contributed by atoms with Crippen molar-refractivity contribution in [1.29, 1.82) is 0 Å². The van der Waals surface area contributed by atoms with Crippen molar-refractivity contribution in [3.63, 3.8) is 0 Å². The van der Waals surface area contributed by atoms with E-state index in [1.165, 1.54) is 11.3 Å². The SMILES string of the molecule is CC(C)CCC(=O)N([C@@H](CCCc1ccccc1)C(=O)NO[C@@H]1CCCCO1)n1c(=O)[nH]c2ccsc2c1=O. The van der Waals surface area contributed by atoms with Crippen molar-refractivity contribution in [2.75, 3.05) is 11.6 Å². The fourth-order valence-electron chi connectivity index (χ4n) is 4.58. The van der Waals surface area contributed by atoms with Gasteiger partial charge in [0.15, 0.2) is 6.29 Å². The number of aryl methyl sites for hydroxylation is 1. The van der Waals surface area contributed by atoms with Gasteiger partial charge in [-0.05, 0) is 61.5 Å². The van der Waals surface area contributed by atoms with Crippen molar-refractivity contribution in [2.24, 2.45) is 5.92 Å². The van der Waals surface area contributed by atoms with Gasteiger partial charge in [-0.25, -0.2) is 20.1 Å². The third kappa shape index (κ3) is 7.43. The molecule has 11 heteroatoms. The van der Waals surface area contributed by atoms with E-state index >= 15 is 0 Å². The molecule has 1 aliphatic heterocycles. The maximum Gasteiger partial charge on any atom is 0.348 e. The largest absolute Gasteiger partial charge is 0.350 e. The Morgan fingerprint density at radius 3 is 2.69 bits per heavy atom. The van der Waals surface area contributed by atoms with Crippen LogP contribution in [0.15, 0.2) is 51.4 Å². The molecule has 210 valence electrons. The van der Waals surface area contributed by atoms with E-state index in [2.05, 4.69) is 10.5 Å². The number of hydroxylamine groups is 1. The van der Waals surface area contributed by atoms with Crippen molar-refractivity contribution in [2.45, 2.75) is 77.5 Å². The number of aromatic nitrogens is 2. The van der Waals surface area contributed by atoms with Crippen LogP contribution in [0.4, 0.5) is 0 Å². The second kappa shape index (κ2) is 13.7. The van der Waals surface area contributed by atoms with Gasteiger partial charge in [-0.3, -0.25) is 14.4 Å². The molecule has 1 fully saturated rings. The summed E-state index contributed by atoms with van der Waals surface area (Å²) in [7, 11) is 0. The number of benzene rings is 1. The van der Waals surface area contributed by atoms with Crippen molar-refractivity contribution < 1.29 is 19.2 Å². The lowest BCUT2D eigenvalue weighted by Crippen LogP contribution is -2.62. The lowest BCUT2D eigenvalue weighted by atomic mass is 10.0. The minimum Gasteiger partial charge on any atom is -0.350 e. The summed E-state index contributed by atoms with van der Waals surface area (Å²) >= 11 is 1.17. The molecule has 2 aromatic heterocycles. The van der Waals surface area contributed by atoms with E-state index in [4.69, 9.17) is 9.57 Å². The van der Waals surface area contributed by atoms with Crippen LogP contribution in [0.5, 0.6) is 0 Å². The Bertz CT molecular complexity index is 1360. The first-order valence-corrected chi connectivity index (χ1v) is 14.4. The summed E-state index contributed by atoms with van der Waals surface area (Å²) < 4.78 is 6.64. The summed E-state index contributed by atoms with van der Waals surface area (Å²) in [6, 6.07) is 10.3. The number of rotatable bonds is 12. The molecular weight excluding hydrogens is 520 g/mol. The number of nitrogens with zero attached hydrogens (tertiary/aromatic N) is 2. The zero-order valence-electron chi connectivity index (χ0n) is 22.4. The summed E-state index contributed by atoms with van der Waals surface area (Å²) in [5.41, 5.74) is 2.52. The molecule has 3 heterocycles. The van der Waals surface area contributed by atoms with Crippen LogP contribution in [0, 0.1) is 5.92 Å². The van der Waals surface area contributed by atoms with Gasteiger partial charge in [0.2, 0.25) is 5.91 Å². The predicted molar refractivity (Wildman–Crippen MR) is 150 cm³/mol. The van der Waals surface area contributed by atoms with Crippen LogP contribution in [0.25, 0.3) is 10.2 Å². The van der Waals surface area contributed by atoms with Gasteiger partial charge in [0.05, 0.1) is 5.52 Å². The molecule has 2 N–H and O–H groups in total. The first kappa shape index (κ1) is 28.7. The van der Waals surface area contributed by atoms with Gasteiger partial charge in [0, 0.05) is 19.4 Å². The lowest BCUT2D eigenvalue weighted by molar-refractivity contribution is -0.201. The highest BCUT2D eigenvalue weighted by Gasteiger charge is 2.34. The van der Waals surface area contributed by atoms with E-state index in [1.807, 2.05) is 44.2 Å². The summed E-state index contributed by atoms with van der Waals surface area (Å²) in [6.45, 7) is 4.50. The average molecular weight is 557 g/mol. The molecule has 4 rings (SSSR count). The molecule has 1 saturated heterocycles. The molecule has 0 saturated carbocycles. The van der Waals surface area contributed by atoms with Gasteiger partial charge in [0.1, 0.15) is 10.7 Å². The summed E-state index contributed by atoms with van der Waals surface area (Å²) in [6.07, 6.45) is 3.87. The van der Waals surface area contributed by atoms with E-state index in [1.54, 1.807) is 11.4 Å². The third-order valence-corrected chi connectivity index (χ3v) is 7.61. The van der Waals surface area contributed by atoms with Crippen LogP contribution in [0.2, 0.25) is 0 Å². The average Bonchev–Trinajstić information content (AvgIpc) is 3.41. The van der Waals surface area contributed by atoms with Crippen LogP contribution in [0.3, 0.4) is 0 Å². The summed E-state index contributed by atoms with van der Waals surface area (Å²) in [4.78, 5) is 62.2. The zero-order valence-corrected chi connectivity index (χ0v) is 23.2. The minimum absolute atomic E-state index is 0.0705. The highest BCUT2D eigenvalue weighted by atomic mass is 32.1. The number of fused-ring (bicyclic) bond motifs is 1. The number of ether oxygens (including phenoxy) is 1. The first-order chi connectivity index (χ1) is 18.8. The topological polar surface area (TPSA) is 123 Å². The van der Waals surface area contributed by atoms with Gasteiger partial charge in [0.25, 0.3) is 11.5 Å². The van der Waals surface area contributed by atoms with Gasteiger partial charge in [-0.15, -0.1) is 11.3 Å². The number of nitrogens with one attached hydrogen (secondary N) is 2. The molecule has 10 nitrogen and oxygen atoms in total. The Balaban J connectivity index is 1.68. The predicted octanol–water partition coefficient (Wildman–Crippen LogP) is 3.62. The standard InChI is InChI=1S/C28H36N4O6S/c1-19(2)14-15-23(33)31(32-27(35)25-21(16-18-39-25)29-28(32)36)22(12-8-11-20-9-4-3-5-10-20)26(34)30-38-24-13-6-7-17-37-24/h3-5,9-10,16,18-19,22,24H,6-8,11-15,17H2,1-2H3,(H,29,36)(H,30,34)/t22-,24+/m0/s1. The molecule has 3 aromatic rings. The smallest absolute Gasteiger partial charge is 0.348 e. The van der Waals surface area contributed by atoms with Crippen LogP contribution in [0.1, 0.15) is 64.4 Å². The monoisotopic (exact) mass is 556 g/mol. The van der Waals surface area contributed by atoms with E-state index < -0.39 is 35.4 Å². The summed E-state index contributed by atoms with van der Waals surface area (Å²) in [5.74, 6) is -0.892. The van der Waals surface area contributed by atoms with Gasteiger partial charge in [-0.2, -0.15) is 4.68 Å². The number of aromatic amines is 1. The van der Waals surface area contributed by atoms with E-state index in [0.717, 1.165) is 28.1 Å². The quantitative estimate of drug-likeness (QED) is 0.329. The second-order valence-corrected chi connectivity index (χ2v) is 11.1. The zero-order chi connectivity index (χ0) is 27.8. The van der Waals surface area contributed by atoms with Crippen LogP contribution < -0.4 is 21.7 Å². The van der Waals surface area contributed by atoms with E-state index in [-0.39, 0.29) is 18.8 Å². The molecule has 2 amide bonds. The number of hydrogen-bond acceptors (Lipinski definition) is 7. The number of hydrogen-bond donors (Lipinski definition) is 2. The molecule has 0 radical (unpaired) electrons. The van der Waals surface area contributed by atoms with E-state index in [9.17, 15) is 19.2 Å².